The number of hydrogen-bond acceptors (Lipinski definition) is 4. The Kier molecular flexibility index (Phi) is 10.4. The lowest BCUT2D eigenvalue weighted by Crippen LogP contribution is -2.47. The molecule has 0 saturated carbocycles. The third-order valence-electron chi connectivity index (χ3n) is 4.80. The largest absolute Gasteiger partial charge is 0.380 e. The van der Waals surface area contributed by atoms with Gasteiger partial charge in [-0.1, -0.05) is 41.0 Å². The predicted octanol–water partition coefficient (Wildman–Crippen LogP) is 3.17. The van der Waals surface area contributed by atoms with Crippen LogP contribution in [0.25, 0.3) is 0 Å². The normalized spacial score (nSPS) is 20.3. The van der Waals surface area contributed by atoms with Gasteiger partial charge in [0, 0.05) is 32.8 Å². The number of hydrogen-bond donors (Lipinski definition) is 1. The molecule has 0 aromatic carbocycles. The third kappa shape index (κ3) is 10.3. The summed E-state index contributed by atoms with van der Waals surface area (Å²) in [5.74, 6) is 0.695. The van der Waals surface area contributed by atoms with E-state index in [0.717, 1.165) is 52.5 Å². The fourth-order valence-electron chi connectivity index (χ4n) is 2.77. The zero-order valence-electron chi connectivity index (χ0n) is 16.2. The summed E-state index contributed by atoms with van der Waals surface area (Å²) in [6, 6.07) is 0. The maximum absolute atomic E-state index is 5.84. The van der Waals surface area contributed by atoms with Crippen molar-refractivity contribution >= 4 is 0 Å². The number of rotatable bonds is 12. The lowest BCUT2D eigenvalue weighted by molar-refractivity contribution is -0.0353. The van der Waals surface area contributed by atoms with Crippen LogP contribution in [-0.2, 0) is 9.47 Å². The predicted molar refractivity (Wildman–Crippen MR) is 98.0 cm³/mol. The molecule has 0 radical (unpaired) electrons. The molecule has 1 saturated heterocycles. The SMILES string of the molecule is CCC(C)(C)CCCOCCN1CCO[C@H](CNCC(C)C)C1. The Bertz CT molecular complexity index is 295. The topological polar surface area (TPSA) is 33.7 Å². The first-order valence-corrected chi connectivity index (χ1v) is 9.55. The minimum Gasteiger partial charge on any atom is -0.380 e. The van der Waals surface area contributed by atoms with Gasteiger partial charge in [-0.25, -0.2) is 0 Å². The maximum Gasteiger partial charge on any atom is 0.0826 e. The smallest absolute Gasteiger partial charge is 0.0826 e. The van der Waals surface area contributed by atoms with Crippen molar-refractivity contribution in [3.8, 4) is 0 Å². The van der Waals surface area contributed by atoms with Crippen molar-refractivity contribution in [1.29, 1.82) is 0 Å². The van der Waals surface area contributed by atoms with Crippen molar-refractivity contribution in [1.82, 2.24) is 10.2 Å². The van der Waals surface area contributed by atoms with E-state index in [0.29, 0.717) is 17.4 Å². The van der Waals surface area contributed by atoms with Gasteiger partial charge in [-0.05, 0) is 30.7 Å². The summed E-state index contributed by atoms with van der Waals surface area (Å²) in [4.78, 5) is 2.47. The van der Waals surface area contributed by atoms with Crippen LogP contribution in [0.5, 0.6) is 0 Å². The molecule has 0 bridgehead atoms. The molecule has 4 nitrogen and oxygen atoms in total. The van der Waals surface area contributed by atoms with E-state index >= 15 is 0 Å². The summed E-state index contributed by atoms with van der Waals surface area (Å²) >= 11 is 0. The van der Waals surface area contributed by atoms with Gasteiger partial charge < -0.3 is 14.8 Å². The van der Waals surface area contributed by atoms with Gasteiger partial charge in [0.1, 0.15) is 0 Å². The molecule has 1 aliphatic heterocycles. The minimum atomic E-state index is 0.327. The molecule has 23 heavy (non-hydrogen) atoms. The van der Waals surface area contributed by atoms with E-state index in [2.05, 4.69) is 44.8 Å². The van der Waals surface area contributed by atoms with Crippen molar-refractivity contribution in [2.75, 3.05) is 52.5 Å². The summed E-state index contributed by atoms with van der Waals surface area (Å²) < 4.78 is 11.7. The zero-order valence-corrected chi connectivity index (χ0v) is 16.2. The molecule has 0 aromatic rings. The highest BCUT2D eigenvalue weighted by Crippen LogP contribution is 2.25. The van der Waals surface area contributed by atoms with Gasteiger partial charge in [-0.2, -0.15) is 0 Å². The fraction of sp³-hybridized carbons (Fsp3) is 1.00. The van der Waals surface area contributed by atoms with Crippen LogP contribution in [0.1, 0.15) is 53.9 Å². The molecule has 1 aliphatic rings. The molecule has 0 unspecified atom stereocenters. The highest BCUT2D eigenvalue weighted by molar-refractivity contribution is 4.73. The van der Waals surface area contributed by atoms with Crippen LogP contribution >= 0.6 is 0 Å². The van der Waals surface area contributed by atoms with E-state index in [-0.39, 0.29) is 0 Å². The molecule has 0 spiro atoms. The molecule has 0 aliphatic carbocycles. The Hall–Kier alpha value is -0.160. The van der Waals surface area contributed by atoms with Crippen molar-refractivity contribution in [3.05, 3.63) is 0 Å². The highest BCUT2D eigenvalue weighted by Gasteiger charge is 2.20. The molecule has 0 amide bonds. The van der Waals surface area contributed by atoms with Gasteiger partial charge >= 0.3 is 0 Å². The van der Waals surface area contributed by atoms with Crippen LogP contribution < -0.4 is 5.32 Å². The summed E-state index contributed by atoms with van der Waals surface area (Å²) in [5.41, 5.74) is 0.462. The Balaban J connectivity index is 2.04. The van der Waals surface area contributed by atoms with E-state index in [1.165, 1.54) is 19.3 Å². The molecule has 0 aromatic heterocycles. The standard InChI is InChI=1S/C19H40N2O2/c1-6-19(4,5)8-7-11-22-12-9-21-10-13-23-18(16-21)15-20-14-17(2)3/h17-18,20H,6-16H2,1-5H3/t18-/m1/s1. The zero-order chi connectivity index (χ0) is 17.1. The van der Waals surface area contributed by atoms with Gasteiger partial charge in [0.05, 0.1) is 19.3 Å². The van der Waals surface area contributed by atoms with Crippen LogP contribution in [-0.4, -0.2) is 63.5 Å². The van der Waals surface area contributed by atoms with Crippen molar-refractivity contribution in [2.24, 2.45) is 11.3 Å². The number of ether oxygens (including phenoxy) is 2. The van der Waals surface area contributed by atoms with Gasteiger partial charge in [-0.15, -0.1) is 0 Å². The first kappa shape index (κ1) is 20.9. The molecular formula is C19H40N2O2. The van der Waals surface area contributed by atoms with Crippen LogP contribution in [0.3, 0.4) is 0 Å². The van der Waals surface area contributed by atoms with Crippen molar-refractivity contribution < 1.29 is 9.47 Å². The van der Waals surface area contributed by atoms with Gasteiger partial charge in [0.2, 0.25) is 0 Å². The summed E-state index contributed by atoms with van der Waals surface area (Å²) in [5, 5.41) is 3.50. The number of nitrogens with one attached hydrogen (secondary N) is 1. The van der Waals surface area contributed by atoms with Gasteiger partial charge in [0.25, 0.3) is 0 Å². The molecule has 1 heterocycles. The molecule has 1 N–H and O–H groups in total. The molecule has 138 valence electrons. The van der Waals surface area contributed by atoms with E-state index < -0.39 is 0 Å². The summed E-state index contributed by atoms with van der Waals surface area (Å²) in [7, 11) is 0. The summed E-state index contributed by atoms with van der Waals surface area (Å²) in [6.07, 6.45) is 4.00. The minimum absolute atomic E-state index is 0.327. The van der Waals surface area contributed by atoms with Gasteiger partial charge in [0.15, 0.2) is 0 Å². The highest BCUT2D eigenvalue weighted by atomic mass is 16.5. The van der Waals surface area contributed by atoms with Crippen LogP contribution in [0, 0.1) is 11.3 Å². The second-order valence-electron chi connectivity index (χ2n) is 8.08. The summed E-state index contributed by atoms with van der Waals surface area (Å²) in [6.45, 7) is 19.1. The van der Waals surface area contributed by atoms with Crippen LogP contribution in [0.4, 0.5) is 0 Å². The maximum atomic E-state index is 5.84. The molecular weight excluding hydrogens is 288 g/mol. The average molecular weight is 329 g/mol. The first-order valence-electron chi connectivity index (χ1n) is 9.55. The molecule has 1 fully saturated rings. The second kappa shape index (κ2) is 11.4. The van der Waals surface area contributed by atoms with E-state index in [1.54, 1.807) is 0 Å². The first-order chi connectivity index (χ1) is 10.9. The van der Waals surface area contributed by atoms with Crippen LogP contribution in [0.15, 0.2) is 0 Å². The van der Waals surface area contributed by atoms with Crippen LogP contribution in [0.2, 0.25) is 0 Å². The number of morpholine rings is 1. The Morgan fingerprint density at radius 3 is 2.78 bits per heavy atom. The van der Waals surface area contributed by atoms with Crippen molar-refractivity contribution in [2.45, 2.75) is 60.0 Å². The fourth-order valence-corrected chi connectivity index (χ4v) is 2.77. The Morgan fingerprint density at radius 2 is 2.09 bits per heavy atom. The van der Waals surface area contributed by atoms with E-state index in [9.17, 15) is 0 Å². The monoisotopic (exact) mass is 328 g/mol. The molecule has 1 atom stereocenters. The quantitative estimate of drug-likeness (QED) is 0.558. The van der Waals surface area contributed by atoms with E-state index in [4.69, 9.17) is 9.47 Å². The molecule has 1 rings (SSSR count). The third-order valence-corrected chi connectivity index (χ3v) is 4.80. The Morgan fingerprint density at radius 1 is 1.30 bits per heavy atom. The molecule has 4 heteroatoms. The second-order valence-corrected chi connectivity index (χ2v) is 8.08. The lowest BCUT2D eigenvalue weighted by Gasteiger charge is -2.33. The van der Waals surface area contributed by atoms with E-state index in [1.807, 2.05) is 0 Å². The van der Waals surface area contributed by atoms with Gasteiger partial charge in [-0.3, -0.25) is 4.90 Å². The van der Waals surface area contributed by atoms with Crippen molar-refractivity contribution in [3.63, 3.8) is 0 Å². The average Bonchev–Trinajstić information content (AvgIpc) is 2.51. The lowest BCUT2D eigenvalue weighted by atomic mass is 9.85. The Labute approximate surface area is 144 Å². The number of nitrogens with zero attached hydrogens (tertiary/aromatic N) is 1.